The molecule has 116 valence electrons. The van der Waals surface area contributed by atoms with Gasteiger partial charge in [0.1, 0.15) is 0 Å². The number of carbonyl (C=O) groups is 1. The van der Waals surface area contributed by atoms with Gasteiger partial charge in [-0.2, -0.15) is 0 Å². The Labute approximate surface area is 126 Å². The Morgan fingerprint density at radius 3 is 2.52 bits per heavy atom. The van der Waals surface area contributed by atoms with Gasteiger partial charge in [-0.05, 0) is 19.4 Å². The average Bonchev–Trinajstić information content (AvgIpc) is 2.48. The number of nitrogens with zero attached hydrogens (tertiary/aromatic N) is 1. The van der Waals surface area contributed by atoms with Crippen molar-refractivity contribution in [1.29, 1.82) is 0 Å². The number of ether oxygens (including phenoxy) is 1. The summed E-state index contributed by atoms with van der Waals surface area (Å²) in [4.78, 5) is 14.3. The number of rotatable bonds is 5. The molecule has 0 bridgehead atoms. The standard InChI is InChI=1S/C16H25N3O2/c1-13(12-19-8-10-21-11-9-19)17-16(20)18-14(2)15-6-4-3-5-7-15/h3-7,13-14H,8-12H2,1-2H3,(H2,17,18,20). The summed E-state index contributed by atoms with van der Waals surface area (Å²) in [6, 6.07) is 9.96. The van der Waals surface area contributed by atoms with E-state index in [0.29, 0.717) is 0 Å². The molecule has 0 aliphatic carbocycles. The zero-order valence-corrected chi connectivity index (χ0v) is 12.8. The maximum Gasteiger partial charge on any atom is 0.315 e. The van der Waals surface area contributed by atoms with Crippen LogP contribution in [-0.4, -0.2) is 49.8 Å². The van der Waals surface area contributed by atoms with Crippen LogP contribution in [0.2, 0.25) is 0 Å². The number of carbonyl (C=O) groups excluding carboxylic acids is 1. The van der Waals surface area contributed by atoms with Gasteiger partial charge in [0, 0.05) is 25.7 Å². The van der Waals surface area contributed by atoms with Crippen LogP contribution in [0.4, 0.5) is 4.79 Å². The third-order valence-electron chi connectivity index (χ3n) is 3.66. The fourth-order valence-electron chi connectivity index (χ4n) is 2.50. The number of hydrogen-bond donors (Lipinski definition) is 2. The molecule has 0 spiro atoms. The molecule has 1 saturated heterocycles. The Morgan fingerprint density at radius 1 is 1.19 bits per heavy atom. The number of urea groups is 1. The molecule has 21 heavy (non-hydrogen) atoms. The van der Waals surface area contributed by atoms with E-state index in [9.17, 15) is 4.79 Å². The van der Waals surface area contributed by atoms with E-state index in [1.54, 1.807) is 0 Å². The first-order chi connectivity index (χ1) is 10.1. The summed E-state index contributed by atoms with van der Waals surface area (Å²) in [6.07, 6.45) is 0. The molecule has 1 aromatic rings. The molecule has 1 aliphatic rings. The number of hydrogen-bond acceptors (Lipinski definition) is 3. The molecule has 1 aromatic carbocycles. The van der Waals surface area contributed by atoms with Crippen molar-refractivity contribution in [3.05, 3.63) is 35.9 Å². The molecule has 0 saturated carbocycles. The highest BCUT2D eigenvalue weighted by Gasteiger charge is 2.16. The van der Waals surface area contributed by atoms with E-state index in [2.05, 4.69) is 15.5 Å². The van der Waals surface area contributed by atoms with Gasteiger partial charge >= 0.3 is 6.03 Å². The maximum atomic E-state index is 12.0. The molecule has 2 amide bonds. The van der Waals surface area contributed by atoms with Crippen molar-refractivity contribution in [2.24, 2.45) is 0 Å². The first kappa shape index (κ1) is 15.8. The van der Waals surface area contributed by atoms with Crippen molar-refractivity contribution < 1.29 is 9.53 Å². The molecule has 2 rings (SSSR count). The highest BCUT2D eigenvalue weighted by molar-refractivity contribution is 5.74. The van der Waals surface area contributed by atoms with Crippen LogP contribution < -0.4 is 10.6 Å². The van der Waals surface area contributed by atoms with Crippen LogP contribution in [0.15, 0.2) is 30.3 Å². The third-order valence-corrected chi connectivity index (χ3v) is 3.66. The van der Waals surface area contributed by atoms with Crippen molar-refractivity contribution in [2.45, 2.75) is 25.9 Å². The predicted octanol–water partition coefficient (Wildman–Crippen LogP) is 1.77. The van der Waals surface area contributed by atoms with Gasteiger partial charge < -0.3 is 15.4 Å². The van der Waals surface area contributed by atoms with Crippen molar-refractivity contribution in [3.63, 3.8) is 0 Å². The van der Waals surface area contributed by atoms with E-state index < -0.39 is 0 Å². The lowest BCUT2D eigenvalue weighted by Gasteiger charge is -2.29. The molecule has 1 aliphatic heterocycles. The fraction of sp³-hybridized carbons (Fsp3) is 0.562. The first-order valence-corrected chi connectivity index (χ1v) is 7.57. The SMILES string of the molecule is CC(CN1CCOCC1)NC(=O)NC(C)c1ccccc1. The normalized spacial score (nSPS) is 18.8. The van der Waals surface area contributed by atoms with Crippen LogP contribution in [0.25, 0.3) is 0 Å². The average molecular weight is 291 g/mol. The molecular weight excluding hydrogens is 266 g/mol. The highest BCUT2D eigenvalue weighted by atomic mass is 16.5. The summed E-state index contributed by atoms with van der Waals surface area (Å²) in [7, 11) is 0. The molecule has 5 nitrogen and oxygen atoms in total. The van der Waals surface area contributed by atoms with E-state index in [1.165, 1.54) is 0 Å². The lowest BCUT2D eigenvalue weighted by molar-refractivity contribution is 0.0349. The Kier molecular flexibility index (Phi) is 6.02. The molecule has 2 unspecified atom stereocenters. The minimum atomic E-state index is -0.118. The van der Waals surface area contributed by atoms with Crippen LogP contribution in [0, 0.1) is 0 Å². The topological polar surface area (TPSA) is 53.6 Å². The number of benzene rings is 1. The molecule has 2 atom stereocenters. The van der Waals surface area contributed by atoms with Crippen molar-refractivity contribution in [3.8, 4) is 0 Å². The largest absolute Gasteiger partial charge is 0.379 e. The lowest BCUT2D eigenvalue weighted by atomic mass is 10.1. The van der Waals surface area contributed by atoms with Gasteiger partial charge in [0.25, 0.3) is 0 Å². The third kappa shape index (κ3) is 5.36. The highest BCUT2D eigenvalue weighted by Crippen LogP contribution is 2.10. The Bertz CT molecular complexity index is 432. The van der Waals surface area contributed by atoms with Crippen LogP contribution in [0.1, 0.15) is 25.5 Å². The molecule has 1 fully saturated rings. The summed E-state index contributed by atoms with van der Waals surface area (Å²) < 4.78 is 5.32. The monoisotopic (exact) mass is 291 g/mol. The van der Waals surface area contributed by atoms with Gasteiger partial charge in [0.05, 0.1) is 19.3 Å². The Morgan fingerprint density at radius 2 is 1.86 bits per heavy atom. The van der Waals surface area contributed by atoms with Crippen LogP contribution in [0.3, 0.4) is 0 Å². The first-order valence-electron chi connectivity index (χ1n) is 7.57. The minimum Gasteiger partial charge on any atom is -0.379 e. The van der Waals surface area contributed by atoms with Crippen molar-refractivity contribution in [1.82, 2.24) is 15.5 Å². The number of nitrogens with one attached hydrogen (secondary N) is 2. The van der Waals surface area contributed by atoms with Crippen LogP contribution in [-0.2, 0) is 4.74 Å². The zero-order chi connectivity index (χ0) is 15.1. The van der Waals surface area contributed by atoms with Gasteiger partial charge in [-0.3, -0.25) is 4.90 Å². The van der Waals surface area contributed by atoms with Gasteiger partial charge in [-0.1, -0.05) is 30.3 Å². The van der Waals surface area contributed by atoms with Crippen LogP contribution >= 0.6 is 0 Å². The number of morpholine rings is 1. The number of amides is 2. The van der Waals surface area contributed by atoms with Gasteiger partial charge in [0.2, 0.25) is 0 Å². The molecule has 5 heteroatoms. The summed E-state index contributed by atoms with van der Waals surface area (Å²) in [6.45, 7) is 8.32. The second-order valence-corrected chi connectivity index (χ2v) is 5.56. The van der Waals surface area contributed by atoms with Crippen LogP contribution in [0.5, 0.6) is 0 Å². The van der Waals surface area contributed by atoms with Gasteiger partial charge in [-0.25, -0.2) is 4.79 Å². The predicted molar refractivity (Wildman–Crippen MR) is 83.2 cm³/mol. The molecule has 2 N–H and O–H groups in total. The van der Waals surface area contributed by atoms with E-state index >= 15 is 0 Å². The summed E-state index contributed by atoms with van der Waals surface area (Å²) in [5.41, 5.74) is 1.11. The summed E-state index contributed by atoms with van der Waals surface area (Å²) in [5.74, 6) is 0. The zero-order valence-electron chi connectivity index (χ0n) is 12.8. The van der Waals surface area contributed by atoms with E-state index in [1.807, 2.05) is 44.2 Å². The summed E-state index contributed by atoms with van der Waals surface area (Å²) >= 11 is 0. The van der Waals surface area contributed by atoms with E-state index in [4.69, 9.17) is 4.74 Å². The van der Waals surface area contributed by atoms with E-state index in [-0.39, 0.29) is 18.1 Å². The summed E-state index contributed by atoms with van der Waals surface area (Å²) in [5, 5.41) is 5.97. The minimum absolute atomic E-state index is 0.00165. The Balaban J connectivity index is 1.73. The second-order valence-electron chi connectivity index (χ2n) is 5.56. The molecule has 0 aromatic heterocycles. The molecular formula is C16H25N3O2. The second kappa shape index (κ2) is 8.00. The van der Waals surface area contributed by atoms with E-state index in [0.717, 1.165) is 38.4 Å². The van der Waals surface area contributed by atoms with Crippen molar-refractivity contribution >= 4 is 6.03 Å². The fourth-order valence-corrected chi connectivity index (χ4v) is 2.50. The van der Waals surface area contributed by atoms with Gasteiger partial charge in [0.15, 0.2) is 0 Å². The Hall–Kier alpha value is -1.59. The molecule has 0 radical (unpaired) electrons. The van der Waals surface area contributed by atoms with Crippen molar-refractivity contribution in [2.75, 3.05) is 32.8 Å². The maximum absolute atomic E-state index is 12.0. The quantitative estimate of drug-likeness (QED) is 0.869. The van der Waals surface area contributed by atoms with Gasteiger partial charge in [-0.15, -0.1) is 0 Å². The molecule has 1 heterocycles. The lowest BCUT2D eigenvalue weighted by Crippen LogP contribution is -2.48. The smallest absolute Gasteiger partial charge is 0.315 e.